The smallest absolute Gasteiger partial charge is 0.0412 e. The van der Waals surface area contributed by atoms with Gasteiger partial charge < -0.3 is 5.32 Å². The van der Waals surface area contributed by atoms with Gasteiger partial charge >= 0.3 is 0 Å². The number of nitrogens with one attached hydrogen (secondary N) is 1. The predicted octanol–water partition coefficient (Wildman–Crippen LogP) is 3.64. The van der Waals surface area contributed by atoms with Gasteiger partial charge in [0.15, 0.2) is 0 Å². The first-order valence-electron chi connectivity index (χ1n) is 6.39. The van der Waals surface area contributed by atoms with Crippen molar-refractivity contribution in [3.63, 3.8) is 0 Å². The van der Waals surface area contributed by atoms with Gasteiger partial charge in [-0.25, -0.2) is 0 Å². The molecule has 0 bridgehead atoms. The fraction of sp³-hybridized carbons (Fsp3) is 0.571. The molecule has 1 N–H and O–H groups in total. The van der Waals surface area contributed by atoms with Gasteiger partial charge in [0, 0.05) is 11.1 Å². The zero-order chi connectivity index (χ0) is 11.0. The summed E-state index contributed by atoms with van der Waals surface area (Å²) in [5.41, 5.74) is 4.58. The van der Waals surface area contributed by atoms with Crippen LogP contribution in [0.1, 0.15) is 48.4 Å². The first-order valence-corrected chi connectivity index (χ1v) is 6.77. The Labute approximate surface area is 102 Å². The van der Waals surface area contributed by atoms with Gasteiger partial charge in [-0.2, -0.15) is 0 Å². The van der Waals surface area contributed by atoms with Crippen molar-refractivity contribution in [2.45, 2.75) is 44.6 Å². The molecule has 1 nitrogen and oxygen atoms in total. The number of aryl methyl sites for hydroxylation is 1. The Bertz CT molecular complexity index is 394. The van der Waals surface area contributed by atoms with Gasteiger partial charge in [0.25, 0.3) is 0 Å². The van der Waals surface area contributed by atoms with Gasteiger partial charge in [0.2, 0.25) is 0 Å². The number of hydrogen-bond acceptors (Lipinski definition) is 1. The molecule has 0 unspecified atom stereocenters. The topological polar surface area (TPSA) is 12.0 Å². The summed E-state index contributed by atoms with van der Waals surface area (Å²) in [4.78, 5) is 0. The fourth-order valence-corrected chi connectivity index (χ4v) is 3.37. The summed E-state index contributed by atoms with van der Waals surface area (Å²) in [6.45, 7) is 1.16. The van der Waals surface area contributed by atoms with Crippen LogP contribution >= 0.6 is 11.6 Å². The zero-order valence-electron chi connectivity index (χ0n) is 9.56. The van der Waals surface area contributed by atoms with Crippen LogP contribution in [-0.2, 0) is 12.8 Å². The molecule has 1 aliphatic carbocycles. The maximum absolute atomic E-state index is 6.23. The maximum atomic E-state index is 6.23. The molecule has 2 aliphatic rings. The van der Waals surface area contributed by atoms with Crippen molar-refractivity contribution < 1.29 is 0 Å². The second kappa shape index (κ2) is 4.38. The van der Waals surface area contributed by atoms with Crippen LogP contribution in [-0.4, -0.2) is 6.54 Å². The number of hydrogen-bond donors (Lipinski definition) is 1. The monoisotopic (exact) mass is 235 g/mol. The van der Waals surface area contributed by atoms with E-state index in [1.807, 2.05) is 0 Å². The van der Waals surface area contributed by atoms with Gasteiger partial charge in [-0.3, -0.25) is 0 Å². The van der Waals surface area contributed by atoms with E-state index in [2.05, 4.69) is 17.4 Å². The van der Waals surface area contributed by atoms with E-state index in [4.69, 9.17) is 11.6 Å². The van der Waals surface area contributed by atoms with Crippen molar-refractivity contribution >= 4 is 11.6 Å². The summed E-state index contributed by atoms with van der Waals surface area (Å²) in [6.07, 6.45) is 7.70. The largest absolute Gasteiger partial charge is 0.310 e. The van der Waals surface area contributed by atoms with E-state index >= 15 is 0 Å². The fourth-order valence-electron chi connectivity index (χ4n) is 3.12. The molecule has 1 aromatic rings. The molecule has 16 heavy (non-hydrogen) atoms. The Hall–Kier alpha value is -0.530. The minimum Gasteiger partial charge on any atom is -0.310 e. The standard InChI is InChI=1S/C14H18ClN/c15-11-8-10-4-1-2-5-12(10)13(9-11)14-6-3-7-16-14/h8-9,14,16H,1-7H2/t14-/m1/s1. The number of halogens is 1. The summed E-state index contributed by atoms with van der Waals surface area (Å²) in [5, 5.41) is 4.51. The molecule has 0 aromatic heterocycles. The Kier molecular flexibility index (Phi) is 2.91. The van der Waals surface area contributed by atoms with Crippen LogP contribution in [0.15, 0.2) is 12.1 Å². The van der Waals surface area contributed by atoms with Crippen molar-refractivity contribution in [3.8, 4) is 0 Å². The molecule has 1 aliphatic heterocycles. The second-order valence-electron chi connectivity index (χ2n) is 4.99. The van der Waals surface area contributed by atoms with Crippen molar-refractivity contribution in [1.82, 2.24) is 5.32 Å². The molecule has 1 atom stereocenters. The van der Waals surface area contributed by atoms with Gasteiger partial charge in [0.05, 0.1) is 0 Å². The van der Waals surface area contributed by atoms with Crippen LogP contribution in [0.3, 0.4) is 0 Å². The van der Waals surface area contributed by atoms with E-state index in [1.165, 1.54) is 49.7 Å². The summed E-state index contributed by atoms with van der Waals surface area (Å²) < 4.78 is 0. The molecule has 1 heterocycles. The average Bonchev–Trinajstić information content (AvgIpc) is 2.81. The molecule has 0 spiro atoms. The summed E-state index contributed by atoms with van der Waals surface area (Å²) in [7, 11) is 0. The van der Waals surface area contributed by atoms with E-state index in [-0.39, 0.29) is 0 Å². The molecule has 0 radical (unpaired) electrons. The molecular formula is C14H18ClN. The molecule has 2 heteroatoms. The highest BCUT2D eigenvalue weighted by Crippen LogP contribution is 2.34. The average molecular weight is 236 g/mol. The van der Waals surface area contributed by atoms with E-state index in [0.29, 0.717) is 6.04 Å². The molecule has 0 amide bonds. The van der Waals surface area contributed by atoms with Gasteiger partial charge in [-0.05, 0) is 73.9 Å². The first kappa shape index (κ1) is 10.6. The molecule has 1 saturated heterocycles. The number of rotatable bonds is 1. The third kappa shape index (κ3) is 1.87. The second-order valence-corrected chi connectivity index (χ2v) is 5.43. The summed E-state index contributed by atoms with van der Waals surface area (Å²) in [5.74, 6) is 0. The maximum Gasteiger partial charge on any atom is 0.0412 e. The minimum absolute atomic E-state index is 0.561. The lowest BCUT2D eigenvalue weighted by molar-refractivity contribution is 0.616. The third-order valence-electron chi connectivity index (χ3n) is 3.90. The van der Waals surface area contributed by atoms with Crippen LogP contribution in [0.2, 0.25) is 5.02 Å². The Morgan fingerprint density at radius 2 is 2.00 bits per heavy atom. The molecule has 1 fully saturated rings. The SMILES string of the molecule is Clc1cc2c(c([C@H]3CCCN3)c1)CCCC2. The Morgan fingerprint density at radius 1 is 1.12 bits per heavy atom. The van der Waals surface area contributed by atoms with E-state index in [0.717, 1.165) is 11.6 Å². The summed E-state index contributed by atoms with van der Waals surface area (Å²) >= 11 is 6.23. The number of fused-ring (bicyclic) bond motifs is 1. The van der Waals surface area contributed by atoms with Crippen LogP contribution < -0.4 is 5.32 Å². The molecule has 86 valence electrons. The lowest BCUT2D eigenvalue weighted by atomic mass is 9.85. The molecule has 1 aromatic carbocycles. The van der Waals surface area contributed by atoms with E-state index in [9.17, 15) is 0 Å². The number of benzene rings is 1. The highest BCUT2D eigenvalue weighted by atomic mass is 35.5. The van der Waals surface area contributed by atoms with Gasteiger partial charge in [0.1, 0.15) is 0 Å². The van der Waals surface area contributed by atoms with Crippen molar-refractivity contribution in [1.29, 1.82) is 0 Å². The van der Waals surface area contributed by atoms with Crippen molar-refractivity contribution in [2.24, 2.45) is 0 Å². The lowest BCUT2D eigenvalue weighted by Crippen LogP contribution is -2.17. The van der Waals surface area contributed by atoms with Crippen LogP contribution in [0.25, 0.3) is 0 Å². The van der Waals surface area contributed by atoms with Crippen LogP contribution in [0.5, 0.6) is 0 Å². The van der Waals surface area contributed by atoms with Gasteiger partial charge in [-0.1, -0.05) is 11.6 Å². The molecule has 0 saturated carbocycles. The Morgan fingerprint density at radius 3 is 2.81 bits per heavy atom. The van der Waals surface area contributed by atoms with E-state index < -0.39 is 0 Å². The van der Waals surface area contributed by atoms with Crippen molar-refractivity contribution in [3.05, 3.63) is 33.8 Å². The zero-order valence-corrected chi connectivity index (χ0v) is 10.3. The Balaban J connectivity index is 2.04. The lowest BCUT2D eigenvalue weighted by Gasteiger charge is -2.23. The first-order chi connectivity index (χ1) is 7.84. The van der Waals surface area contributed by atoms with Gasteiger partial charge in [-0.15, -0.1) is 0 Å². The van der Waals surface area contributed by atoms with E-state index in [1.54, 1.807) is 5.56 Å². The molecule has 3 rings (SSSR count). The third-order valence-corrected chi connectivity index (χ3v) is 4.12. The van der Waals surface area contributed by atoms with Crippen LogP contribution in [0.4, 0.5) is 0 Å². The van der Waals surface area contributed by atoms with Crippen LogP contribution in [0, 0.1) is 0 Å². The quantitative estimate of drug-likeness (QED) is 0.784. The van der Waals surface area contributed by atoms with Crippen molar-refractivity contribution in [2.75, 3.05) is 6.54 Å². The highest BCUT2D eigenvalue weighted by molar-refractivity contribution is 6.30. The summed E-state index contributed by atoms with van der Waals surface area (Å²) in [6, 6.07) is 4.92. The highest BCUT2D eigenvalue weighted by Gasteiger charge is 2.22. The normalized spacial score (nSPS) is 24.4. The molecular weight excluding hydrogens is 218 g/mol. The minimum atomic E-state index is 0.561. The predicted molar refractivity (Wildman–Crippen MR) is 68.1 cm³/mol.